The predicted octanol–water partition coefficient (Wildman–Crippen LogP) is 5.70. The minimum atomic E-state index is -0.591. The Morgan fingerprint density at radius 1 is 1.13 bits per heavy atom. The first-order chi connectivity index (χ1) is 15.0. The van der Waals surface area contributed by atoms with Crippen molar-refractivity contribution in [3.05, 3.63) is 76.7 Å². The van der Waals surface area contributed by atoms with E-state index >= 15 is 0 Å². The molecule has 1 fully saturated rings. The molecule has 1 heterocycles. The van der Waals surface area contributed by atoms with E-state index in [4.69, 9.17) is 21.1 Å². The molecule has 2 aromatic carbocycles. The van der Waals surface area contributed by atoms with Crippen molar-refractivity contribution in [3.63, 3.8) is 0 Å². The van der Waals surface area contributed by atoms with Gasteiger partial charge in [-0.25, -0.2) is 14.2 Å². The fourth-order valence-electron chi connectivity index (χ4n) is 3.00. The highest BCUT2D eigenvalue weighted by Crippen LogP contribution is 2.33. The highest BCUT2D eigenvalue weighted by atomic mass is 35.5. The van der Waals surface area contributed by atoms with Crippen molar-refractivity contribution in [1.29, 1.82) is 0 Å². The van der Waals surface area contributed by atoms with E-state index in [9.17, 15) is 9.18 Å². The smallest absolute Gasteiger partial charge is 0.337 e. The van der Waals surface area contributed by atoms with Crippen molar-refractivity contribution in [3.8, 4) is 22.8 Å². The molecule has 0 saturated heterocycles. The van der Waals surface area contributed by atoms with E-state index in [-0.39, 0.29) is 12.2 Å². The van der Waals surface area contributed by atoms with Crippen LogP contribution in [0.4, 0.5) is 4.39 Å². The van der Waals surface area contributed by atoms with Crippen LogP contribution in [-0.4, -0.2) is 24.7 Å². The fourth-order valence-corrected chi connectivity index (χ4v) is 3.23. The second-order valence-electron chi connectivity index (χ2n) is 7.37. The first-order valence-corrected chi connectivity index (χ1v) is 10.3. The number of pyridine rings is 1. The Morgan fingerprint density at radius 3 is 2.65 bits per heavy atom. The Kier molecular flexibility index (Phi) is 6.37. The second-order valence-corrected chi connectivity index (χ2v) is 7.77. The maximum Gasteiger partial charge on any atom is 0.337 e. The number of ether oxygens (including phenoxy) is 3. The molecule has 31 heavy (non-hydrogen) atoms. The normalized spacial score (nSPS) is 13.0. The number of halogens is 2. The Labute approximate surface area is 184 Å². The lowest BCUT2D eigenvalue weighted by Gasteiger charge is -2.11. The van der Waals surface area contributed by atoms with E-state index in [1.807, 2.05) is 12.1 Å². The molecule has 1 saturated carbocycles. The van der Waals surface area contributed by atoms with Crippen LogP contribution in [0.3, 0.4) is 0 Å². The van der Waals surface area contributed by atoms with E-state index in [1.165, 1.54) is 32.1 Å². The summed E-state index contributed by atoms with van der Waals surface area (Å²) in [4.78, 5) is 15.9. The van der Waals surface area contributed by atoms with Crippen LogP contribution in [0, 0.1) is 11.7 Å². The monoisotopic (exact) mass is 441 g/mol. The molecule has 1 aliphatic carbocycles. The molecule has 1 aromatic heterocycles. The van der Waals surface area contributed by atoms with Gasteiger partial charge in [-0.2, -0.15) is 0 Å². The van der Waals surface area contributed by atoms with Gasteiger partial charge in [0.25, 0.3) is 0 Å². The number of aromatic nitrogens is 1. The average molecular weight is 442 g/mol. The lowest BCUT2D eigenvalue weighted by molar-refractivity contribution is 0.0600. The highest BCUT2D eigenvalue weighted by Gasteiger charge is 2.22. The zero-order valence-electron chi connectivity index (χ0n) is 16.9. The standard InChI is InChI=1S/C24H21ClFNO4/c1-29-24(28)16-4-5-18(22(26)10-16)14-30-19-7-8-21(25)20(11-19)17-6-9-23(27-12-17)31-13-15-2-3-15/h4-12,15H,2-3,13-14H2,1H3. The van der Waals surface area contributed by atoms with Gasteiger partial charge < -0.3 is 14.2 Å². The molecule has 0 unspecified atom stereocenters. The van der Waals surface area contributed by atoms with Gasteiger partial charge in [-0.15, -0.1) is 0 Å². The zero-order valence-corrected chi connectivity index (χ0v) is 17.7. The Bertz CT molecular complexity index is 1080. The number of methoxy groups -OCH3 is 1. The van der Waals surface area contributed by atoms with E-state index in [0.717, 1.165) is 17.2 Å². The lowest BCUT2D eigenvalue weighted by Crippen LogP contribution is -2.04. The molecule has 1 aliphatic rings. The number of hydrogen-bond acceptors (Lipinski definition) is 5. The van der Waals surface area contributed by atoms with Crippen LogP contribution < -0.4 is 9.47 Å². The van der Waals surface area contributed by atoms with Gasteiger partial charge in [-0.3, -0.25) is 0 Å². The minimum absolute atomic E-state index is 0.000548. The van der Waals surface area contributed by atoms with Crippen molar-refractivity contribution < 1.29 is 23.4 Å². The van der Waals surface area contributed by atoms with Gasteiger partial charge in [0.2, 0.25) is 5.88 Å². The molecular formula is C24H21ClFNO4. The van der Waals surface area contributed by atoms with Crippen LogP contribution in [-0.2, 0) is 11.3 Å². The molecule has 0 N–H and O–H groups in total. The van der Waals surface area contributed by atoms with Crippen LogP contribution in [0.25, 0.3) is 11.1 Å². The molecule has 160 valence electrons. The Hall–Kier alpha value is -3.12. The minimum Gasteiger partial charge on any atom is -0.489 e. The molecule has 0 radical (unpaired) electrons. The Morgan fingerprint density at radius 2 is 1.97 bits per heavy atom. The van der Waals surface area contributed by atoms with Gasteiger partial charge in [0.1, 0.15) is 18.2 Å². The summed E-state index contributed by atoms with van der Waals surface area (Å²) < 4.78 is 30.3. The van der Waals surface area contributed by atoms with Crippen LogP contribution in [0.1, 0.15) is 28.8 Å². The number of rotatable bonds is 8. The van der Waals surface area contributed by atoms with Crippen LogP contribution in [0.2, 0.25) is 5.02 Å². The molecule has 7 heteroatoms. The highest BCUT2D eigenvalue weighted by molar-refractivity contribution is 6.33. The van der Waals surface area contributed by atoms with Crippen molar-refractivity contribution in [1.82, 2.24) is 4.98 Å². The van der Waals surface area contributed by atoms with E-state index in [0.29, 0.717) is 34.7 Å². The summed E-state index contributed by atoms with van der Waals surface area (Å²) in [5.74, 6) is 0.649. The predicted molar refractivity (Wildman–Crippen MR) is 115 cm³/mol. The summed E-state index contributed by atoms with van der Waals surface area (Å²) in [5.41, 5.74) is 2.04. The molecular weight excluding hydrogens is 421 g/mol. The maximum absolute atomic E-state index is 14.3. The third kappa shape index (κ3) is 5.33. The second kappa shape index (κ2) is 9.35. The van der Waals surface area contributed by atoms with Gasteiger partial charge in [-0.1, -0.05) is 17.7 Å². The third-order valence-corrected chi connectivity index (χ3v) is 5.35. The van der Waals surface area contributed by atoms with Gasteiger partial charge >= 0.3 is 5.97 Å². The summed E-state index contributed by atoms with van der Waals surface area (Å²) in [6, 6.07) is 13.1. The largest absolute Gasteiger partial charge is 0.489 e. The first-order valence-electron chi connectivity index (χ1n) is 9.92. The number of hydrogen-bond donors (Lipinski definition) is 0. The maximum atomic E-state index is 14.3. The van der Waals surface area contributed by atoms with E-state index < -0.39 is 11.8 Å². The Balaban J connectivity index is 1.44. The number of carbonyl (C=O) groups excluding carboxylic acids is 1. The van der Waals surface area contributed by atoms with Gasteiger partial charge in [-0.05, 0) is 55.2 Å². The summed E-state index contributed by atoms with van der Waals surface area (Å²) in [7, 11) is 1.25. The number of esters is 1. The van der Waals surface area contributed by atoms with Gasteiger partial charge in [0, 0.05) is 34.0 Å². The van der Waals surface area contributed by atoms with Crippen LogP contribution in [0.15, 0.2) is 54.7 Å². The number of carbonyl (C=O) groups is 1. The van der Waals surface area contributed by atoms with Crippen LogP contribution in [0.5, 0.6) is 11.6 Å². The summed E-state index contributed by atoms with van der Waals surface area (Å²) in [5, 5.41) is 0.550. The first kappa shape index (κ1) is 21.1. The average Bonchev–Trinajstić information content (AvgIpc) is 3.62. The molecule has 0 atom stereocenters. The summed E-state index contributed by atoms with van der Waals surface area (Å²) >= 11 is 6.37. The summed E-state index contributed by atoms with van der Waals surface area (Å²) in [6.45, 7) is 0.703. The van der Waals surface area contributed by atoms with E-state index in [1.54, 1.807) is 24.4 Å². The lowest BCUT2D eigenvalue weighted by atomic mass is 10.1. The molecule has 0 bridgehead atoms. The molecule has 0 amide bonds. The van der Waals surface area contributed by atoms with Crippen molar-refractivity contribution in [2.45, 2.75) is 19.4 Å². The zero-order chi connectivity index (χ0) is 21.8. The molecule has 4 rings (SSSR count). The quantitative estimate of drug-likeness (QED) is 0.420. The number of nitrogens with zero attached hydrogens (tertiary/aromatic N) is 1. The fraction of sp³-hybridized carbons (Fsp3) is 0.250. The topological polar surface area (TPSA) is 57.7 Å². The van der Waals surface area contributed by atoms with Gasteiger partial charge in [0.05, 0.1) is 19.3 Å². The van der Waals surface area contributed by atoms with Gasteiger partial charge in [0.15, 0.2) is 0 Å². The van der Waals surface area contributed by atoms with Crippen molar-refractivity contribution in [2.24, 2.45) is 5.92 Å². The van der Waals surface area contributed by atoms with E-state index in [2.05, 4.69) is 9.72 Å². The summed E-state index contributed by atoms with van der Waals surface area (Å²) in [6.07, 6.45) is 4.15. The molecule has 0 spiro atoms. The molecule has 0 aliphatic heterocycles. The number of benzene rings is 2. The van der Waals surface area contributed by atoms with Crippen molar-refractivity contribution >= 4 is 17.6 Å². The van der Waals surface area contributed by atoms with Crippen molar-refractivity contribution in [2.75, 3.05) is 13.7 Å². The van der Waals surface area contributed by atoms with Crippen LogP contribution >= 0.6 is 11.6 Å². The SMILES string of the molecule is COC(=O)c1ccc(COc2ccc(Cl)c(-c3ccc(OCC4CC4)nc3)c2)c(F)c1. The third-order valence-electron chi connectivity index (χ3n) is 5.02. The molecule has 5 nitrogen and oxygen atoms in total. The molecule has 3 aromatic rings.